The maximum atomic E-state index is 11.7. The van der Waals surface area contributed by atoms with Gasteiger partial charge in [0.2, 0.25) is 5.60 Å². The maximum absolute atomic E-state index is 11.7. The fourth-order valence-corrected chi connectivity index (χ4v) is 3.65. The van der Waals surface area contributed by atoms with Crippen molar-refractivity contribution in [1.29, 1.82) is 0 Å². The third-order valence-corrected chi connectivity index (χ3v) is 5.36. The van der Waals surface area contributed by atoms with Gasteiger partial charge in [-0.25, -0.2) is 9.59 Å². The van der Waals surface area contributed by atoms with Crippen molar-refractivity contribution >= 4 is 11.9 Å². The largest absolute Gasteiger partial charge is 0.479 e. The molecular formula is C17H25NO7. The van der Waals surface area contributed by atoms with E-state index in [1.54, 1.807) is 12.2 Å². The standard InChI is InChI=1S/C17H25NO7/c1-16(17(24,15(22)23)13(19)14(20)21)6-5-10(8-12(16)25-2)11-4-3-7-18-9-11/h5-6,8,11-13,18-19,24H,3-4,7,9H2,1-2H3,(H,20,21)(H,22,23)/t11?,12?,13-,16?,17+/m0/s1. The van der Waals surface area contributed by atoms with E-state index < -0.39 is 35.2 Å². The van der Waals surface area contributed by atoms with E-state index >= 15 is 0 Å². The van der Waals surface area contributed by atoms with Gasteiger partial charge in [-0.1, -0.05) is 18.2 Å². The first-order chi connectivity index (χ1) is 11.7. The summed E-state index contributed by atoms with van der Waals surface area (Å²) in [6, 6.07) is 0. The highest BCUT2D eigenvalue weighted by atomic mass is 16.5. The van der Waals surface area contributed by atoms with E-state index in [4.69, 9.17) is 9.84 Å². The number of piperidine rings is 1. The number of carboxylic acid groups (broad SMARTS) is 2. The number of rotatable bonds is 6. The summed E-state index contributed by atoms with van der Waals surface area (Å²) in [6.45, 7) is 3.09. The van der Waals surface area contributed by atoms with E-state index in [1.165, 1.54) is 20.1 Å². The maximum Gasteiger partial charge on any atom is 0.340 e. The Balaban J connectivity index is 2.42. The summed E-state index contributed by atoms with van der Waals surface area (Å²) in [5.41, 5.74) is -3.69. The molecule has 1 aliphatic carbocycles. The van der Waals surface area contributed by atoms with Gasteiger partial charge in [0.05, 0.1) is 11.5 Å². The second kappa shape index (κ2) is 7.25. The Kier molecular flexibility index (Phi) is 5.68. The molecule has 1 saturated heterocycles. The van der Waals surface area contributed by atoms with Gasteiger partial charge in [-0.15, -0.1) is 0 Å². The van der Waals surface area contributed by atoms with Gasteiger partial charge >= 0.3 is 11.9 Å². The molecule has 0 aromatic heterocycles. The fourth-order valence-electron chi connectivity index (χ4n) is 3.65. The van der Waals surface area contributed by atoms with Crippen LogP contribution in [-0.4, -0.2) is 70.4 Å². The summed E-state index contributed by atoms with van der Waals surface area (Å²) in [6.07, 6.45) is 3.40. The normalized spacial score (nSPS) is 33.2. The Labute approximate surface area is 145 Å². The molecule has 5 atom stereocenters. The van der Waals surface area contributed by atoms with Crippen LogP contribution in [0.1, 0.15) is 19.8 Å². The van der Waals surface area contributed by atoms with Crippen LogP contribution < -0.4 is 5.32 Å². The molecule has 0 radical (unpaired) electrons. The Morgan fingerprint density at radius 2 is 2.12 bits per heavy atom. The van der Waals surface area contributed by atoms with Crippen molar-refractivity contribution in [3.63, 3.8) is 0 Å². The zero-order valence-electron chi connectivity index (χ0n) is 14.3. The van der Waals surface area contributed by atoms with Crippen molar-refractivity contribution in [3.05, 3.63) is 23.8 Å². The molecule has 140 valence electrons. The number of aliphatic hydroxyl groups excluding tert-OH is 1. The van der Waals surface area contributed by atoms with Crippen LogP contribution in [0.2, 0.25) is 0 Å². The van der Waals surface area contributed by atoms with Crippen molar-refractivity contribution < 1.29 is 34.8 Å². The molecule has 5 N–H and O–H groups in total. The molecule has 0 saturated carbocycles. The smallest absolute Gasteiger partial charge is 0.340 e. The van der Waals surface area contributed by atoms with Crippen LogP contribution in [0.4, 0.5) is 0 Å². The lowest BCUT2D eigenvalue weighted by atomic mass is 9.63. The average Bonchev–Trinajstić information content (AvgIpc) is 2.61. The number of carbonyl (C=O) groups is 2. The van der Waals surface area contributed by atoms with E-state index in [9.17, 15) is 24.9 Å². The molecule has 0 bridgehead atoms. The van der Waals surface area contributed by atoms with Crippen molar-refractivity contribution in [2.24, 2.45) is 11.3 Å². The summed E-state index contributed by atoms with van der Waals surface area (Å²) in [5, 5.41) is 42.5. The predicted octanol–water partition coefficient (Wildman–Crippen LogP) is -0.235. The van der Waals surface area contributed by atoms with E-state index in [-0.39, 0.29) is 5.92 Å². The van der Waals surface area contributed by atoms with Gasteiger partial charge in [0, 0.05) is 13.7 Å². The number of aliphatic hydroxyl groups is 2. The first-order valence-corrected chi connectivity index (χ1v) is 8.19. The Morgan fingerprint density at radius 3 is 2.60 bits per heavy atom. The molecule has 1 aliphatic heterocycles. The second-order valence-corrected chi connectivity index (χ2v) is 6.79. The molecule has 1 fully saturated rings. The van der Waals surface area contributed by atoms with Crippen LogP contribution in [0.15, 0.2) is 23.8 Å². The van der Waals surface area contributed by atoms with Crippen LogP contribution in [0, 0.1) is 11.3 Å². The molecule has 2 aliphatic rings. The lowest BCUT2D eigenvalue weighted by molar-refractivity contribution is -0.208. The first kappa shape index (κ1) is 19.6. The van der Waals surface area contributed by atoms with Crippen LogP contribution >= 0.6 is 0 Å². The summed E-state index contributed by atoms with van der Waals surface area (Å²) < 4.78 is 5.38. The molecule has 0 amide bonds. The summed E-state index contributed by atoms with van der Waals surface area (Å²) in [7, 11) is 1.35. The van der Waals surface area contributed by atoms with Crippen molar-refractivity contribution in [1.82, 2.24) is 5.32 Å². The molecule has 2 rings (SSSR count). The zero-order valence-corrected chi connectivity index (χ0v) is 14.3. The molecule has 1 heterocycles. The number of methoxy groups -OCH3 is 1. The first-order valence-electron chi connectivity index (χ1n) is 8.19. The molecule has 3 unspecified atom stereocenters. The van der Waals surface area contributed by atoms with E-state index in [0.717, 1.165) is 31.5 Å². The molecule has 0 spiro atoms. The fraction of sp³-hybridized carbons (Fsp3) is 0.647. The zero-order chi connectivity index (χ0) is 18.8. The highest BCUT2D eigenvalue weighted by Crippen LogP contribution is 2.45. The molecule has 0 aromatic carbocycles. The molecule has 0 aromatic rings. The van der Waals surface area contributed by atoms with Gasteiger partial charge in [-0.2, -0.15) is 0 Å². The van der Waals surface area contributed by atoms with E-state index in [2.05, 4.69) is 5.32 Å². The third kappa shape index (κ3) is 3.22. The van der Waals surface area contributed by atoms with Gasteiger partial charge in [0.15, 0.2) is 6.10 Å². The Bertz CT molecular complexity index is 596. The highest BCUT2D eigenvalue weighted by Gasteiger charge is 2.63. The van der Waals surface area contributed by atoms with Gasteiger partial charge < -0.3 is 30.5 Å². The van der Waals surface area contributed by atoms with Gasteiger partial charge in [0.1, 0.15) is 0 Å². The number of nitrogens with one attached hydrogen (secondary N) is 1. The molecule has 8 nitrogen and oxygen atoms in total. The number of carboxylic acids is 2. The lowest BCUT2D eigenvalue weighted by Crippen LogP contribution is -2.66. The molecule has 8 heteroatoms. The number of ether oxygens (including phenoxy) is 1. The SMILES string of the molecule is COC1C=C(C2CCCNC2)C=CC1(C)[C@](O)(C(=O)O)[C@@H](O)C(=O)O. The highest BCUT2D eigenvalue weighted by molar-refractivity contribution is 5.88. The monoisotopic (exact) mass is 355 g/mol. The van der Waals surface area contributed by atoms with E-state index in [1.807, 2.05) is 0 Å². The number of aliphatic carboxylic acids is 2. The minimum atomic E-state index is -2.96. The van der Waals surface area contributed by atoms with Gasteiger partial charge in [-0.05, 0) is 37.8 Å². The van der Waals surface area contributed by atoms with Crippen molar-refractivity contribution in [3.8, 4) is 0 Å². The van der Waals surface area contributed by atoms with Crippen LogP contribution in [0.5, 0.6) is 0 Å². The van der Waals surface area contributed by atoms with Crippen molar-refractivity contribution in [2.75, 3.05) is 20.2 Å². The third-order valence-electron chi connectivity index (χ3n) is 5.36. The minimum Gasteiger partial charge on any atom is -0.479 e. The predicted molar refractivity (Wildman–Crippen MR) is 87.9 cm³/mol. The summed E-state index contributed by atoms with van der Waals surface area (Å²) in [5.74, 6) is -3.41. The van der Waals surface area contributed by atoms with Gasteiger partial charge in [0.25, 0.3) is 0 Å². The second-order valence-electron chi connectivity index (χ2n) is 6.79. The average molecular weight is 355 g/mol. The van der Waals surface area contributed by atoms with Crippen LogP contribution in [0.3, 0.4) is 0 Å². The van der Waals surface area contributed by atoms with Crippen molar-refractivity contribution in [2.45, 2.75) is 37.6 Å². The number of hydrogen-bond acceptors (Lipinski definition) is 6. The lowest BCUT2D eigenvalue weighted by Gasteiger charge is -2.46. The Hall–Kier alpha value is -1.74. The topological polar surface area (TPSA) is 136 Å². The summed E-state index contributed by atoms with van der Waals surface area (Å²) in [4.78, 5) is 22.9. The molecular weight excluding hydrogens is 330 g/mol. The Morgan fingerprint density at radius 1 is 1.44 bits per heavy atom. The number of hydrogen-bond donors (Lipinski definition) is 5. The molecule has 25 heavy (non-hydrogen) atoms. The summed E-state index contributed by atoms with van der Waals surface area (Å²) >= 11 is 0. The quantitative estimate of drug-likeness (QED) is 0.440. The van der Waals surface area contributed by atoms with Crippen LogP contribution in [-0.2, 0) is 14.3 Å². The van der Waals surface area contributed by atoms with Crippen LogP contribution in [0.25, 0.3) is 0 Å². The minimum absolute atomic E-state index is 0.231. The van der Waals surface area contributed by atoms with E-state index in [0.29, 0.717) is 0 Å². The number of allylic oxidation sites excluding steroid dienone is 1. The van der Waals surface area contributed by atoms with Gasteiger partial charge in [-0.3, -0.25) is 0 Å².